The minimum absolute atomic E-state index is 0.0321. The second kappa shape index (κ2) is 16.2. The van der Waals surface area contributed by atoms with Crippen molar-refractivity contribution in [3.05, 3.63) is 41.7 Å². The number of carboxylic acid groups (broad SMARTS) is 1. The van der Waals surface area contributed by atoms with E-state index in [9.17, 15) is 9.59 Å². The topological polar surface area (TPSA) is 146 Å². The number of rotatable bonds is 6. The number of piperidine rings is 1. The molecule has 1 aromatic heterocycles. The third-order valence-corrected chi connectivity index (χ3v) is 9.61. The van der Waals surface area contributed by atoms with E-state index in [0.29, 0.717) is 79.0 Å². The Morgan fingerprint density at radius 2 is 1.77 bits per heavy atom. The zero-order valence-corrected chi connectivity index (χ0v) is 28.9. The number of amides is 2. The molecule has 1 saturated carbocycles. The maximum Gasteiger partial charge on any atom is 0.407 e. The number of nitrogens with zero attached hydrogens (tertiary/aromatic N) is 4. The highest BCUT2D eigenvalue weighted by molar-refractivity contribution is 5.83. The Kier molecular flexibility index (Phi) is 12.3. The largest absolute Gasteiger partial charge is 0.465 e. The number of nitrogens with two attached hydrogens (primary N) is 1. The van der Waals surface area contributed by atoms with Gasteiger partial charge in [0.15, 0.2) is 11.6 Å². The lowest BCUT2D eigenvalue weighted by Crippen LogP contribution is -2.40. The van der Waals surface area contributed by atoms with E-state index in [1.165, 1.54) is 10.5 Å². The summed E-state index contributed by atoms with van der Waals surface area (Å²) in [6.07, 6.45) is 4.21. The van der Waals surface area contributed by atoms with Gasteiger partial charge in [0.05, 0.1) is 6.67 Å². The van der Waals surface area contributed by atoms with Gasteiger partial charge in [-0.15, -0.1) is 0 Å². The first kappa shape index (κ1) is 35.8. The first-order valence-corrected chi connectivity index (χ1v) is 17.2. The van der Waals surface area contributed by atoms with Gasteiger partial charge in [0.2, 0.25) is 11.7 Å². The SMILES string of the molecule is CC.CC(C)C(C)(C)c1ccccc1.Nc1nc(C#CCC2CCN(C(=O)O)CC2)nc2c1NCN2C1CCC(C(=O)NC2CC2)O1. The maximum absolute atomic E-state index is 12.3. The third-order valence-electron chi connectivity index (χ3n) is 9.61. The number of nitrogen functional groups attached to an aromatic ring is 1. The molecule has 1 aromatic carbocycles. The number of benzene rings is 1. The molecule has 0 bridgehead atoms. The van der Waals surface area contributed by atoms with Gasteiger partial charge in [-0.05, 0) is 67.3 Å². The van der Waals surface area contributed by atoms with Crippen molar-refractivity contribution in [2.24, 2.45) is 11.8 Å². The summed E-state index contributed by atoms with van der Waals surface area (Å²) in [5, 5.41) is 15.3. The quantitative estimate of drug-likeness (QED) is 0.285. The molecule has 2 aromatic rings. The van der Waals surface area contributed by atoms with Crippen LogP contribution in [0, 0.1) is 23.7 Å². The van der Waals surface area contributed by atoms with Crippen LogP contribution in [-0.2, 0) is 14.9 Å². The molecule has 5 N–H and O–H groups in total. The lowest BCUT2D eigenvalue weighted by molar-refractivity contribution is -0.132. The number of nitrogens with one attached hydrogen (secondary N) is 2. The number of aromatic nitrogens is 2. The number of fused-ring (bicyclic) bond motifs is 1. The van der Waals surface area contributed by atoms with E-state index in [0.717, 1.165) is 32.1 Å². The summed E-state index contributed by atoms with van der Waals surface area (Å²) in [6.45, 7) is 14.7. The molecule has 4 aliphatic rings. The minimum Gasteiger partial charge on any atom is -0.465 e. The Hall–Kier alpha value is -4.04. The van der Waals surface area contributed by atoms with E-state index in [2.05, 4.69) is 90.5 Å². The van der Waals surface area contributed by atoms with Gasteiger partial charge in [-0.2, -0.15) is 0 Å². The number of hydrogen-bond acceptors (Lipinski definition) is 8. The molecule has 6 rings (SSSR count). The molecule has 4 heterocycles. The molecule has 2 amide bonds. The number of carbonyl (C=O) groups excluding carboxylic acids is 1. The minimum atomic E-state index is -0.860. The van der Waals surface area contributed by atoms with Crippen molar-refractivity contribution in [2.75, 3.05) is 35.7 Å². The fourth-order valence-electron chi connectivity index (χ4n) is 5.74. The van der Waals surface area contributed by atoms with E-state index >= 15 is 0 Å². The number of hydrogen-bond donors (Lipinski definition) is 4. The molecule has 1 aliphatic carbocycles. The summed E-state index contributed by atoms with van der Waals surface area (Å²) >= 11 is 0. The molecule has 11 nitrogen and oxygen atoms in total. The lowest BCUT2D eigenvalue weighted by Gasteiger charge is -2.29. The standard InChI is InChI=1S/C22H29N7O4.C12H18.C2H6/c23-19-18-20(27-16(26-19)3-1-2-13-8-10-28(11-9-13)22(31)32)29(12-24-18)17-7-6-15(33-17)21(30)25-14-4-5-14;1-10(2)12(3,4)11-8-6-5-7-9-11;1-2/h13-15,17,24H,2,4-12H2,(H,25,30)(H,31,32)(H2,23,26,27);5-10H,1-4H3;1-2H3. The third kappa shape index (κ3) is 9.28. The van der Waals surface area contributed by atoms with E-state index in [-0.39, 0.29) is 12.1 Å². The molecular formula is C36H53N7O4. The Balaban J connectivity index is 0.000000301. The normalized spacial score (nSPS) is 20.5. The van der Waals surface area contributed by atoms with Crippen molar-refractivity contribution in [1.82, 2.24) is 20.2 Å². The zero-order valence-electron chi connectivity index (χ0n) is 28.9. The van der Waals surface area contributed by atoms with Gasteiger partial charge in [0.25, 0.3) is 0 Å². The molecule has 3 fully saturated rings. The predicted octanol–water partition coefficient (Wildman–Crippen LogP) is 5.81. The van der Waals surface area contributed by atoms with Crippen LogP contribution in [0.2, 0.25) is 0 Å². The van der Waals surface area contributed by atoms with Crippen molar-refractivity contribution in [3.63, 3.8) is 0 Å². The molecule has 0 radical (unpaired) electrons. The second-order valence-corrected chi connectivity index (χ2v) is 13.3. The number of likely N-dealkylation sites (tertiary alicyclic amines) is 1. The van der Waals surface area contributed by atoms with Crippen LogP contribution >= 0.6 is 0 Å². The highest BCUT2D eigenvalue weighted by Gasteiger charge is 2.39. The number of ether oxygens (including phenoxy) is 1. The van der Waals surface area contributed by atoms with E-state index in [1.807, 2.05) is 18.7 Å². The van der Waals surface area contributed by atoms with Crippen LogP contribution in [0.25, 0.3) is 0 Å². The predicted molar refractivity (Wildman–Crippen MR) is 186 cm³/mol. The van der Waals surface area contributed by atoms with Gasteiger partial charge in [-0.1, -0.05) is 77.8 Å². The Morgan fingerprint density at radius 1 is 1.09 bits per heavy atom. The van der Waals surface area contributed by atoms with Crippen LogP contribution in [-0.4, -0.2) is 70.1 Å². The Morgan fingerprint density at radius 3 is 2.38 bits per heavy atom. The smallest absolute Gasteiger partial charge is 0.407 e. The maximum atomic E-state index is 12.3. The van der Waals surface area contributed by atoms with Crippen molar-refractivity contribution in [1.29, 1.82) is 0 Å². The molecule has 256 valence electrons. The molecule has 47 heavy (non-hydrogen) atoms. The van der Waals surface area contributed by atoms with Crippen LogP contribution < -0.4 is 21.3 Å². The van der Waals surface area contributed by atoms with E-state index < -0.39 is 12.2 Å². The zero-order chi connectivity index (χ0) is 34.1. The van der Waals surface area contributed by atoms with Crippen LogP contribution in [0.15, 0.2) is 30.3 Å². The van der Waals surface area contributed by atoms with Gasteiger partial charge in [0, 0.05) is 25.6 Å². The molecule has 3 aliphatic heterocycles. The summed E-state index contributed by atoms with van der Waals surface area (Å²) in [5.74, 6) is 8.51. The molecule has 2 unspecified atom stereocenters. The fourth-order valence-corrected chi connectivity index (χ4v) is 5.74. The summed E-state index contributed by atoms with van der Waals surface area (Å²) in [5.41, 5.74) is 8.54. The van der Waals surface area contributed by atoms with Crippen molar-refractivity contribution >= 4 is 29.3 Å². The van der Waals surface area contributed by atoms with E-state index in [4.69, 9.17) is 15.6 Å². The van der Waals surface area contributed by atoms with Crippen molar-refractivity contribution < 1.29 is 19.4 Å². The van der Waals surface area contributed by atoms with Crippen molar-refractivity contribution in [2.45, 2.75) is 110 Å². The van der Waals surface area contributed by atoms with Gasteiger partial charge < -0.3 is 36.0 Å². The highest BCUT2D eigenvalue weighted by atomic mass is 16.5. The van der Waals surface area contributed by atoms with Crippen LogP contribution in [0.1, 0.15) is 97.9 Å². The average molecular weight is 648 g/mol. The van der Waals surface area contributed by atoms with Gasteiger partial charge in [-0.3, -0.25) is 4.79 Å². The Labute approximate surface area is 280 Å². The monoisotopic (exact) mass is 647 g/mol. The first-order chi connectivity index (χ1) is 22.5. The van der Waals surface area contributed by atoms with Gasteiger partial charge in [0.1, 0.15) is 18.0 Å². The second-order valence-electron chi connectivity index (χ2n) is 13.3. The molecule has 2 atom stereocenters. The van der Waals surface area contributed by atoms with Crippen LogP contribution in [0.4, 0.5) is 22.1 Å². The number of carbonyl (C=O) groups is 2. The molecular weight excluding hydrogens is 594 g/mol. The summed E-state index contributed by atoms with van der Waals surface area (Å²) < 4.78 is 6.05. The average Bonchev–Trinajstić information content (AvgIpc) is 3.56. The van der Waals surface area contributed by atoms with Crippen LogP contribution in [0.3, 0.4) is 0 Å². The summed E-state index contributed by atoms with van der Waals surface area (Å²) in [7, 11) is 0. The number of anilines is 3. The van der Waals surface area contributed by atoms with E-state index in [1.54, 1.807) is 0 Å². The van der Waals surface area contributed by atoms with Crippen LogP contribution in [0.5, 0.6) is 0 Å². The van der Waals surface area contributed by atoms with Gasteiger partial charge >= 0.3 is 6.09 Å². The molecule has 11 heteroatoms. The Bertz CT molecular complexity index is 1410. The fraction of sp³-hybridized carbons (Fsp3) is 0.611. The molecule has 2 saturated heterocycles. The summed E-state index contributed by atoms with van der Waals surface area (Å²) in [4.78, 5) is 35.7. The van der Waals surface area contributed by atoms with Gasteiger partial charge in [-0.25, -0.2) is 14.8 Å². The summed E-state index contributed by atoms with van der Waals surface area (Å²) in [6, 6.07) is 11.0. The lowest BCUT2D eigenvalue weighted by atomic mass is 9.75. The van der Waals surface area contributed by atoms with Crippen molar-refractivity contribution in [3.8, 4) is 11.8 Å². The first-order valence-electron chi connectivity index (χ1n) is 17.2. The highest BCUT2D eigenvalue weighted by Crippen LogP contribution is 2.38. The molecule has 0 spiro atoms.